The van der Waals surface area contributed by atoms with Gasteiger partial charge >= 0.3 is 0 Å². The van der Waals surface area contributed by atoms with Gasteiger partial charge in [0.25, 0.3) is 0 Å². The minimum Gasteiger partial charge on any atom is -0.491 e. The average molecular weight is 430 g/mol. The molecule has 1 aliphatic heterocycles. The molecule has 3 aromatic rings. The van der Waals surface area contributed by atoms with Crippen molar-refractivity contribution in [3.8, 4) is 17.0 Å². The molecule has 0 amide bonds. The molecule has 3 heterocycles. The van der Waals surface area contributed by atoms with E-state index in [1.54, 1.807) is 6.20 Å². The molecule has 0 saturated carbocycles. The SMILES string of the molecule is CC(C)Oc1ccc2[nH]nc(-c3ccnc(N4CCCN(S(C)(=O)=O)CC4)c3)c2c1. The molecule has 30 heavy (non-hydrogen) atoms. The van der Waals surface area contributed by atoms with Crippen LogP contribution in [-0.4, -0.2) is 66.4 Å². The molecule has 9 heteroatoms. The predicted molar refractivity (Wildman–Crippen MR) is 118 cm³/mol. The number of sulfonamides is 1. The lowest BCUT2D eigenvalue weighted by Gasteiger charge is -2.22. The summed E-state index contributed by atoms with van der Waals surface area (Å²) in [7, 11) is -3.18. The number of rotatable bonds is 5. The maximum absolute atomic E-state index is 11.9. The molecule has 4 rings (SSSR count). The summed E-state index contributed by atoms with van der Waals surface area (Å²) in [6.07, 6.45) is 3.90. The van der Waals surface area contributed by atoms with Crippen molar-refractivity contribution in [3.05, 3.63) is 36.5 Å². The summed E-state index contributed by atoms with van der Waals surface area (Å²) in [5.74, 6) is 1.64. The first-order chi connectivity index (χ1) is 14.3. The smallest absolute Gasteiger partial charge is 0.211 e. The molecular weight excluding hydrogens is 402 g/mol. The van der Waals surface area contributed by atoms with Crippen LogP contribution in [0.2, 0.25) is 0 Å². The zero-order chi connectivity index (χ0) is 21.3. The highest BCUT2D eigenvalue weighted by molar-refractivity contribution is 7.88. The highest BCUT2D eigenvalue weighted by Gasteiger charge is 2.22. The lowest BCUT2D eigenvalue weighted by molar-refractivity contribution is 0.243. The number of pyridine rings is 1. The Morgan fingerprint density at radius 2 is 1.93 bits per heavy atom. The number of nitrogens with zero attached hydrogens (tertiary/aromatic N) is 4. The second kappa shape index (κ2) is 8.23. The Morgan fingerprint density at radius 1 is 1.10 bits per heavy atom. The zero-order valence-corrected chi connectivity index (χ0v) is 18.3. The van der Waals surface area contributed by atoms with E-state index in [9.17, 15) is 8.42 Å². The van der Waals surface area contributed by atoms with Crippen LogP contribution in [0.1, 0.15) is 20.3 Å². The Hall–Kier alpha value is -2.65. The third-order valence-corrected chi connectivity index (χ3v) is 6.48. The number of nitrogens with one attached hydrogen (secondary N) is 1. The summed E-state index contributed by atoms with van der Waals surface area (Å²) in [5, 5.41) is 8.60. The first-order valence-electron chi connectivity index (χ1n) is 10.1. The van der Waals surface area contributed by atoms with Crippen LogP contribution in [-0.2, 0) is 10.0 Å². The fourth-order valence-corrected chi connectivity index (χ4v) is 4.63. The number of aromatic nitrogens is 3. The van der Waals surface area contributed by atoms with Crippen molar-refractivity contribution in [2.75, 3.05) is 37.3 Å². The number of hydrogen-bond acceptors (Lipinski definition) is 6. The summed E-state index contributed by atoms with van der Waals surface area (Å²) in [6.45, 7) is 6.38. The van der Waals surface area contributed by atoms with Crippen LogP contribution in [0.25, 0.3) is 22.2 Å². The molecule has 1 fully saturated rings. The van der Waals surface area contributed by atoms with Gasteiger partial charge < -0.3 is 9.64 Å². The Labute approximate surface area is 176 Å². The lowest BCUT2D eigenvalue weighted by atomic mass is 10.1. The monoisotopic (exact) mass is 429 g/mol. The standard InChI is InChI=1S/C21H27N5O3S/c1-15(2)29-17-5-6-19-18(14-17)21(24-23-19)16-7-8-22-20(13-16)25-9-4-10-26(12-11-25)30(3,27)28/h5-8,13-15H,4,9-12H2,1-3H3,(H,23,24). The van der Waals surface area contributed by atoms with E-state index >= 15 is 0 Å². The molecule has 0 aliphatic carbocycles. The molecule has 1 N–H and O–H groups in total. The number of aromatic amines is 1. The van der Waals surface area contributed by atoms with Crippen molar-refractivity contribution in [1.82, 2.24) is 19.5 Å². The zero-order valence-electron chi connectivity index (χ0n) is 17.5. The van der Waals surface area contributed by atoms with Crippen LogP contribution >= 0.6 is 0 Å². The van der Waals surface area contributed by atoms with Crippen molar-refractivity contribution in [3.63, 3.8) is 0 Å². The van der Waals surface area contributed by atoms with Crippen molar-refractivity contribution in [2.24, 2.45) is 0 Å². The average Bonchev–Trinajstić information content (AvgIpc) is 2.93. The maximum Gasteiger partial charge on any atom is 0.211 e. The molecular formula is C21H27N5O3S. The van der Waals surface area contributed by atoms with Crippen LogP contribution in [0.5, 0.6) is 5.75 Å². The lowest BCUT2D eigenvalue weighted by Crippen LogP contribution is -2.34. The van der Waals surface area contributed by atoms with Crippen LogP contribution < -0.4 is 9.64 Å². The van der Waals surface area contributed by atoms with Crippen LogP contribution in [0.4, 0.5) is 5.82 Å². The van der Waals surface area contributed by atoms with Crippen LogP contribution in [0.15, 0.2) is 36.5 Å². The normalized spacial score (nSPS) is 16.2. The Bertz CT molecular complexity index is 1140. The van der Waals surface area contributed by atoms with Gasteiger partial charge in [0.05, 0.1) is 17.9 Å². The number of fused-ring (bicyclic) bond motifs is 1. The van der Waals surface area contributed by atoms with Gasteiger partial charge in [0.2, 0.25) is 10.0 Å². The highest BCUT2D eigenvalue weighted by Crippen LogP contribution is 2.31. The van der Waals surface area contributed by atoms with Crippen molar-refractivity contribution in [2.45, 2.75) is 26.4 Å². The summed E-state index contributed by atoms with van der Waals surface area (Å²) in [6, 6.07) is 9.87. The quantitative estimate of drug-likeness (QED) is 0.671. The van der Waals surface area contributed by atoms with E-state index < -0.39 is 10.0 Å². The van der Waals surface area contributed by atoms with E-state index in [1.807, 2.05) is 44.2 Å². The molecule has 0 radical (unpaired) electrons. The van der Waals surface area contributed by atoms with Crippen molar-refractivity contribution in [1.29, 1.82) is 0 Å². The van der Waals surface area contributed by atoms with E-state index in [4.69, 9.17) is 4.74 Å². The molecule has 160 valence electrons. The molecule has 0 bridgehead atoms. The second-order valence-corrected chi connectivity index (χ2v) is 9.83. The van der Waals surface area contributed by atoms with Gasteiger partial charge in [-0.25, -0.2) is 17.7 Å². The van der Waals surface area contributed by atoms with E-state index in [0.717, 1.165) is 46.7 Å². The number of benzene rings is 1. The summed E-state index contributed by atoms with van der Waals surface area (Å²) >= 11 is 0. The molecule has 1 saturated heterocycles. The number of anilines is 1. The Balaban J connectivity index is 1.62. The summed E-state index contributed by atoms with van der Waals surface area (Å²) < 4.78 is 31.1. The Kier molecular flexibility index (Phi) is 5.66. The third kappa shape index (κ3) is 4.41. The maximum atomic E-state index is 11.9. The summed E-state index contributed by atoms with van der Waals surface area (Å²) in [4.78, 5) is 6.67. The number of hydrogen-bond donors (Lipinski definition) is 1. The van der Waals surface area contributed by atoms with Gasteiger partial charge in [-0.1, -0.05) is 0 Å². The van der Waals surface area contributed by atoms with Crippen LogP contribution in [0, 0.1) is 0 Å². The molecule has 1 aliphatic rings. The van der Waals surface area contributed by atoms with Crippen LogP contribution in [0.3, 0.4) is 0 Å². The third-order valence-electron chi connectivity index (χ3n) is 5.17. The number of ether oxygens (including phenoxy) is 1. The predicted octanol–water partition coefficient (Wildman–Crippen LogP) is 2.88. The van der Waals surface area contributed by atoms with Crippen molar-refractivity contribution >= 4 is 26.7 Å². The van der Waals surface area contributed by atoms with Gasteiger partial charge in [0, 0.05) is 43.3 Å². The van der Waals surface area contributed by atoms with E-state index in [1.165, 1.54) is 10.6 Å². The molecule has 8 nitrogen and oxygen atoms in total. The Morgan fingerprint density at radius 3 is 2.70 bits per heavy atom. The van der Waals surface area contributed by atoms with Crippen molar-refractivity contribution < 1.29 is 13.2 Å². The molecule has 0 unspecified atom stereocenters. The van der Waals surface area contributed by atoms with Gasteiger partial charge in [-0.15, -0.1) is 0 Å². The molecule has 0 spiro atoms. The number of H-pyrrole nitrogens is 1. The van der Waals surface area contributed by atoms with Gasteiger partial charge in [-0.3, -0.25) is 5.10 Å². The van der Waals surface area contributed by atoms with E-state index in [0.29, 0.717) is 19.6 Å². The van der Waals surface area contributed by atoms with E-state index in [-0.39, 0.29) is 6.10 Å². The topological polar surface area (TPSA) is 91.4 Å². The highest BCUT2D eigenvalue weighted by atomic mass is 32.2. The van der Waals surface area contributed by atoms with E-state index in [2.05, 4.69) is 20.1 Å². The molecule has 1 aromatic carbocycles. The minimum atomic E-state index is -3.18. The minimum absolute atomic E-state index is 0.0971. The summed E-state index contributed by atoms with van der Waals surface area (Å²) in [5.41, 5.74) is 2.74. The van der Waals surface area contributed by atoms with Gasteiger partial charge in [0.1, 0.15) is 17.3 Å². The second-order valence-electron chi connectivity index (χ2n) is 7.85. The van der Waals surface area contributed by atoms with Gasteiger partial charge in [-0.05, 0) is 50.6 Å². The molecule has 2 aromatic heterocycles. The van der Waals surface area contributed by atoms with Gasteiger partial charge in [0.15, 0.2) is 0 Å². The van der Waals surface area contributed by atoms with Gasteiger partial charge in [-0.2, -0.15) is 5.10 Å². The fraction of sp³-hybridized carbons (Fsp3) is 0.429. The first-order valence-corrected chi connectivity index (χ1v) is 12.0. The molecule has 0 atom stereocenters. The largest absolute Gasteiger partial charge is 0.491 e. The fourth-order valence-electron chi connectivity index (χ4n) is 3.75. The first kappa shape index (κ1) is 20.6.